The summed E-state index contributed by atoms with van der Waals surface area (Å²) in [5, 5.41) is 3.04. The first-order chi connectivity index (χ1) is 8.37. The molecule has 4 nitrogen and oxygen atoms in total. The summed E-state index contributed by atoms with van der Waals surface area (Å²) in [6.45, 7) is 6.62. The lowest BCUT2D eigenvalue weighted by atomic mass is 10.1. The van der Waals surface area contributed by atoms with Gasteiger partial charge in [0.1, 0.15) is 0 Å². The molecular formula is C12H26N2O2S2. The molecule has 1 fully saturated rings. The van der Waals surface area contributed by atoms with Gasteiger partial charge >= 0.3 is 0 Å². The second-order valence-corrected chi connectivity index (χ2v) is 9.27. The van der Waals surface area contributed by atoms with E-state index in [1.54, 1.807) is 4.31 Å². The van der Waals surface area contributed by atoms with Crippen molar-refractivity contribution in [2.45, 2.75) is 37.9 Å². The Bertz CT molecular complexity index is 342. The third kappa shape index (κ3) is 5.47. The number of nitrogens with zero attached hydrogens (tertiary/aromatic N) is 1. The van der Waals surface area contributed by atoms with Crippen molar-refractivity contribution in [2.75, 3.05) is 38.2 Å². The molecule has 0 saturated carbocycles. The van der Waals surface area contributed by atoms with E-state index in [1.807, 2.05) is 18.8 Å². The quantitative estimate of drug-likeness (QED) is 0.755. The maximum atomic E-state index is 12.2. The second kappa shape index (κ2) is 7.12. The van der Waals surface area contributed by atoms with Gasteiger partial charge in [-0.05, 0) is 32.9 Å². The van der Waals surface area contributed by atoms with Crippen LogP contribution >= 0.6 is 11.8 Å². The van der Waals surface area contributed by atoms with Crippen LogP contribution in [-0.4, -0.2) is 55.7 Å². The minimum Gasteiger partial charge on any atom is -0.320 e. The summed E-state index contributed by atoms with van der Waals surface area (Å²) in [4.78, 5) is 0. The molecule has 0 spiro atoms. The van der Waals surface area contributed by atoms with Crippen LogP contribution in [0.25, 0.3) is 0 Å². The zero-order valence-corrected chi connectivity index (χ0v) is 13.4. The molecule has 0 aromatic rings. The molecule has 108 valence electrons. The van der Waals surface area contributed by atoms with Gasteiger partial charge in [0.15, 0.2) is 0 Å². The van der Waals surface area contributed by atoms with Crippen LogP contribution in [0.4, 0.5) is 0 Å². The SMILES string of the molecule is CNCCCCS(=O)(=O)N1CCSC(C)(C)CC1. The molecular weight excluding hydrogens is 268 g/mol. The molecule has 1 aliphatic rings. The minimum absolute atomic E-state index is 0.205. The van der Waals surface area contributed by atoms with Gasteiger partial charge in [0, 0.05) is 23.6 Å². The van der Waals surface area contributed by atoms with Crippen LogP contribution in [-0.2, 0) is 10.0 Å². The van der Waals surface area contributed by atoms with Crippen LogP contribution in [0.5, 0.6) is 0 Å². The predicted octanol–water partition coefficient (Wildman–Crippen LogP) is 1.53. The van der Waals surface area contributed by atoms with Gasteiger partial charge in [-0.15, -0.1) is 0 Å². The lowest BCUT2D eigenvalue weighted by molar-refractivity contribution is 0.414. The molecule has 1 saturated heterocycles. The Morgan fingerprint density at radius 1 is 1.28 bits per heavy atom. The van der Waals surface area contributed by atoms with Crippen molar-refractivity contribution < 1.29 is 8.42 Å². The van der Waals surface area contributed by atoms with E-state index in [4.69, 9.17) is 0 Å². The normalized spacial score (nSPS) is 21.7. The number of sulfonamides is 1. The molecule has 0 aromatic heterocycles. The van der Waals surface area contributed by atoms with E-state index in [1.165, 1.54) is 0 Å². The van der Waals surface area contributed by atoms with E-state index >= 15 is 0 Å². The first kappa shape index (κ1) is 16.3. The zero-order valence-electron chi connectivity index (χ0n) is 11.7. The average Bonchev–Trinajstić information content (AvgIpc) is 2.46. The zero-order chi connectivity index (χ0) is 13.6. The van der Waals surface area contributed by atoms with Crippen LogP contribution in [0.1, 0.15) is 33.1 Å². The number of hydrogen-bond donors (Lipinski definition) is 1. The maximum Gasteiger partial charge on any atom is 0.214 e. The number of unbranched alkanes of at least 4 members (excludes halogenated alkanes) is 1. The van der Waals surface area contributed by atoms with Crippen molar-refractivity contribution in [1.82, 2.24) is 9.62 Å². The van der Waals surface area contributed by atoms with Crippen LogP contribution in [0.3, 0.4) is 0 Å². The monoisotopic (exact) mass is 294 g/mol. The summed E-state index contributed by atoms with van der Waals surface area (Å²) in [6, 6.07) is 0. The van der Waals surface area contributed by atoms with Crippen molar-refractivity contribution in [3.05, 3.63) is 0 Å². The van der Waals surface area contributed by atoms with Crippen molar-refractivity contribution >= 4 is 21.8 Å². The molecule has 1 aliphatic heterocycles. The largest absolute Gasteiger partial charge is 0.320 e. The van der Waals surface area contributed by atoms with Gasteiger partial charge in [0.25, 0.3) is 0 Å². The molecule has 1 heterocycles. The first-order valence-electron chi connectivity index (χ1n) is 6.64. The average molecular weight is 294 g/mol. The Morgan fingerprint density at radius 3 is 2.67 bits per heavy atom. The van der Waals surface area contributed by atoms with Crippen LogP contribution < -0.4 is 5.32 Å². The van der Waals surface area contributed by atoms with E-state index in [2.05, 4.69) is 19.2 Å². The molecule has 0 bridgehead atoms. The van der Waals surface area contributed by atoms with E-state index < -0.39 is 10.0 Å². The lowest BCUT2D eigenvalue weighted by Gasteiger charge is -2.22. The fourth-order valence-corrected chi connectivity index (χ4v) is 4.78. The smallest absolute Gasteiger partial charge is 0.214 e. The molecule has 18 heavy (non-hydrogen) atoms. The van der Waals surface area contributed by atoms with E-state index in [0.717, 1.165) is 31.6 Å². The van der Waals surface area contributed by atoms with Gasteiger partial charge in [0.05, 0.1) is 5.75 Å². The Kier molecular flexibility index (Phi) is 6.44. The Labute approximate surface area is 116 Å². The van der Waals surface area contributed by atoms with Gasteiger partial charge in [0.2, 0.25) is 10.0 Å². The number of nitrogens with one attached hydrogen (secondary N) is 1. The maximum absolute atomic E-state index is 12.2. The van der Waals surface area contributed by atoms with Crippen LogP contribution in [0, 0.1) is 0 Å². The summed E-state index contributed by atoms with van der Waals surface area (Å²) >= 11 is 1.88. The highest BCUT2D eigenvalue weighted by molar-refractivity contribution is 8.00. The summed E-state index contributed by atoms with van der Waals surface area (Å²) in [5.41, 5.74) is 0. The number of hydrogen-bond acceptors (Lipinski definition) is 4. The Morgan fingerprint density at radius 2 is 2.00 bits per heavy atom. The summed E-state index contributed by atoms with van der Waals surface area (Å²) in [6.07, 6.45) is 2.60. The molecule has 0 aromatic carbocycles. The van der Waals surface area contributed by atoms with Crippen molar-refractivity contribution in [3.8, 4) is 0 Å². The molecule has 0 unspecified atom stereocenters. The highest BCUT2D eigenvalue weighted by Gasteiger charge is 2.29. The molecule has 1 N–H and O–H groups in total. The van der Waals surface area contributed by atoms with E-state index in [0.29, 0.717) is 18.8 Å². The van der Waals surface area contributed by atoms with Crippen LogP contribution in [0.2, 0.25) is 0 Å². The summed E-state index contributed by atoms with van der Waals surface area (Å²) < 4.78 is 26.3. The van der Waals surface area contributed by atoms with Gasteiger partial charge in [-0.25, -0.2) is 12.7 Å². The second-order valence-electron chi connectivity index (χ2n) is 5.38. The van der Waals surface area contributed by atoms with Gasteiger partial charge < -0.3 is 5.32 Å². The highest BCUT2D eigenvalue weighted by Crippen LogP contribution is 2.31. The molecule has 1 rings (SSSR count). The lowest BCUT2D eigenvalue weighted by Crippen LogP contribution is -2.35. The fourth-order valence-electron chi connectivity index (χ4n) is 2.00. The van der Waals surface area contributed by atoms with Crippen LogP contribution in [0.15, 0.2) is 0 Å². The first-order valence-corrected chi connectivity index (χ1v) is 9.23. The third-order valence-electron chi connectivity index (χ3n) is 3.27. The van der Waals surface area contributed by atoms with Gasteiger partial charge in [-0.3, -0.25) is 0 Å². The van der Waals surface area contributed by atoms with Crippen molar-refractivity contribution in [2.24, 2.45) is 0 Å². The van der Waals surface area contributed by atoms with Gasteiger partial charge in [-0.1, -0.05) is 13.8 Å². The molecule has 0 amide bonds. The van der Waals surface area contributed by atoms with E-state index in [9.17, 15) is 8.42 Å². The molecule has 0 radical (unpaired) electrons. The van der Waals surface area contributed by atoms with Crippen molar-refractivity contribution in [1.29, 1.82) is 0 Å². The Balaban J connectivity index is 2.46. The number of rotatable bonds is 6. The van der Waals surface area contributed by atoms with E-state index in [-0.39, 0.29) is 4.75 Å². The number of thioether (sulfide) groups is 1. The fraction of sp³-hybridized carbons (Fsp3) is 1.00. The summed E-state index contributed by atoms with van der Waals surface area (Å²) in [7, 11) is -1.15. The van der Waals surface area contributed by atoms with Gasteiger partial charge in [-0.2, -0.15) is 11.8 Å². The molecule has 6 heteroatoms. The standard InChI is InChI=1S/C12H26N2O2S2/c1-12(2)6-8-14(9-10-17-12)18(15,16)11-5-4-7-13-3/h13H,4-11H2,1-3H3. The molecule has 0 atom stereocenters. The van der Waals surface area contributed by atoms with Crippen molar-refractivity contribution in [3.63, 3.8) is 0 Å². The predicted molar refractivity (Wildman–Crippen MR) is 79.7 cm³/mol. The molecule has 0 aliphatic carbocycles. The highest BCUT2D eigenvalue weighted by atomic mass is 32.2. The summed E-state index contributed by atoms with van der Waals surface area (Å²) in [5.74, 6) is 1.20. The topological polar surface area (TPSA) is 49.4 Å². The minimum atomic E-state index is -3.05. The Hall–Kier alpha value is 0.220. The third-order valence-corrected chi connectivity index (χ3v) is 6.60.